The lowest BCUT2D eigenvalue weighted by atomic mass is 9.81. The fourth-order valence-corrected chi connectivity index (χ4v) is 4.38. The van der Waals surface area contributed by atoms with Gasteiger partial charge >= 0.3 is 0 Å². The number of rotatable bonds is 5. The Morgan fingerprint density at radius 1 is 1.40 bits per heavy atom. The van der Waals surface area contributed by atoms with Crippen LogP contribution in [-0.4, -0.2) is 34.1 Å². The summed E-state index contributed by atoms with van der Waals surface area (Å²) in [6.07, 6.45) is 7.29. The number of aromatic nitrogens is 1. The maximum Gasteiger partial charge on any atom is 0.0794 e. The van der Waals surface area contributed by atoms with Gasteiger partial charge in [-0.15, -0.1) is 11.3 Å². The van der Waals surface area contributed by atoms with Gasteiger partial charge in [0.2, 0.25) is 0 Å². The van der Waals surface area contributed by atoms with Gasteiger partial charge in [0.05, 0.1) is 5.51 Å². The molecule has 0 aromatic carbocycles. The molecule has 0 radical (unpaired) electrons. The van der Waals surface area contributed by atoms with Crippen molar-refractivity contribution in [3.8, 4) is 0 Å². The van der Waals surface area contributed by atoms with Crippen molar-refractivity contribution >= 4 is 11.3 Å². The van der Waals surface area contributed by atoms with Crippen LogP contribution in [0, 0.1) is 5.92 Å². The summed E-state index contributed by atoms with van der Waals surface area (Å²) in [5, 5.41) is 3.91. The van der Waals surface area contributed by atoms with Crippen LogP contribution in [0.5, 0.6) is 0 Å². The smallest absolute Gasteiger partial charge is 0.0794 e. The number of thiazole rings is 1. The first-order chi connectivity index (χ1) is 9.62. The highest BCUT2D eigenvalue weighted by Crippen LogP contribution is 2.44. The second kappa shape index (κ2) is 5.39. The Kier molecular flexibility index (Phi) is 3.91. The third kappa shape index (κ3) is 2.53. The predicted octanol–water partition coefficient (Wildman–Crippen LogP) is 3.28. The van der Waals surface area contributed by atoms with E-state index >= 15 is 0 Å². The molecule has 1 N–H and O–H groups in total. The summed E-state index contributed by atoms with van der Waals surface area (Å²) in [5.74, 6) is 0.887. The van der Waals surface area contributed by atoms with Gasteiger partial charge in [-0.25, -0.2) is 0 Å². The Morgan fingerprint density at radius 2 is 2.15 bits per heavy atom. The summed E-state index contributed by atoms with van der Waals surface area (Å²) in [5.41, 5.74) is 2.59. The van der Waals surface area contributed by atoms with E-state index in [0.717, 1.165) is 19.0 Å². The lowest BCUT2D eigenvalue weighted by Gasteiger charge is -2.54. The van der Waals surface area contributed by atoms with Gasteiger partial charge in [0.25, 0.3) is 0 Å². The summed E-state index contributed by atoms with van der Waals surface area (Å²) in [4.78, 5) is 8.39. The Bertz CT molecular complexity index is 437. The minimum absolute atomic E-state index is 0.318. The molecule has 3 nitrogen and oxygen atoms in total. The van der Waals surface area contributed by atoms with E-state index in [1.54, 1.807) is 11.3 Å². The van der Waals surface area contributed by atoms with E-state index in [9.17, 15) is 0 Å². The van der Waals surface area contributed by atoms with Gasteiger partial charge in [-0.3, -0.25) is 9.88 Å². The van der Waals surface area contributed by atoms with Gasteiger partial charge in [-0.05, 0) is 38.5 Å². The van der Waals surface area contributed by atoms with Crippen LogP contribution in [0.15, 0.2) is 11.7 Å². The molecule has 3 rings (SSSR count). The van der Waals surface area contributed by atoms with E-state index in [-0.39, 0.29) is 0 Å². The number of nitrogens with zero attached hydrogens (tertiary/aromatic N) is 2. The van der Waals surface area contributed by atoms with Crippen molar-refractivity contribution < 1.29 is 0 Å². The van der Waals surface area contributed by atoms with Crippen LogP contribution in [0.4, 0.5) is 0 Å². The minimum atomic E-state index is 0.318. The van der Waals surface area contributed by atoms with Gasteiger partial charge in [0.15, 0.2) is 0 Å². The molecule has 1 aromatic rings. The standard InChI is InChI=1S/C16H27N3S/c1-4-16(5-2)10-18-15(3,13-6-7-13)11-19(16)9-14-8-17-12-20-14/h8,12-13,18H,4-7,9-11H2,1-3H3. The summed E-state index contributed by atoms with van der Waals surface area (Å²) in [6.45, 7) is 10.5. The topological polar surface area (TPSA) is 28.2 Å². The monoisotopic (exact) mass is 293 g/mol. The number of nitrogens with one attached hydrogen (secondary N) is 1. The molecule has 1 aliphatic carbocycles. The van der Waals surface area contributed by atoms with E-state index in [4.69, 9.17) is 0 Å². The van der Waals surface area contributed by atoms with Crippen molar-refractivity contribution in [2.24, 2.45) is 5.92 Å². The highest BCUT2D eigenvalue weighted by Gasteiger charge is 2.49. The van der Waals surface area contributed by atoms with Crippen molar-refractivity contribution in [3.63, 3.8) is 0 Å². The maximum absolute atomic E-state index is 4.25. The summed E-state index contributed by atoms with van der Waals surface area (Å²) in [6, 6.07) is 0. The third-order valence-corrected chi connectivity index (χ3v) is 6.40. The van der Waals surface area contributed by atoms with E-state index in [0.29, 0.717) is 11.1 Å². The van der Waals surface area contributed by atoms with Crippen LogP contribution < -0.4 is 5.32 Å². The molecule has 2 aliphatic rings. The lowest BCUT2D eigenvalue weighted by molar-refractivity contribution is -0.00905. The molecule has 1 saturated heterocycles. The molecule has 1 unspecified atom stereocenters. The molecular weight excluding hydrogens is 266 g/mol. The van der Waals surface area contributed by atoms with Crippen molar-refractivity contribution in [1.82, 2.24) is 15.2 Å². The highest BCUT2D eigenvalue weighted by molar-refractivity contribution is 7.09. The van der Waals surface area contributed by atoms with Crippen LogP contribution in [0.3, 0.4) is 0 Å². The molecule has 20 heavy (non-hydrogen) atoms. The second-order valence-corrected chi connectivity index (χ2v) is 7.77. The first-order valence-corrected chi connectivity index (χ1v) is 8.87. The number of hydrogen-bond donors (Lipinski definition) is 1. The zero-order valence-electron chi connectivity index (χ0n) is 13.0. The van der Waals surface area contributed by atoms with Gasteiger partial charge in [-0.1, -0.05) is 13.8 Å². The van der Waals surface area contributed by atoms with Crippen LogP contribution >= 0.6 is 11.3 Å². The molecule has 0 amide bonds. The molecule has 0 spiro atoms. The Morgan fingerprint density at radius 3 is 2.70 bits per heavy atom. The van der Waals surface area contributed by atoms with E-state index in [2.05, 4.69) is 36.0 Å². The van der Waals surface area contributed by atoms with Crippen LogP contribution in [0.25, 0.3) is 0 Å². The fourth-order valence-electron chi connectivity index (χ4n) is 3.77. The van der Waals surface area contributed by atoms with Crippen molar-refractivity contribution in [1.29, 1.82) is 0 Å². The Balaban J connectivity index is 1.81. The molecule has 1 aliphatic heterocycles. The largest absolute Gasteiger partial charge is 0.308 e. The molecule has 1 saturated carbocycles. The molecule has 1 atom stereocenters. The molecular formula is C16H27N3S. The summed E-state index contributed by atoms with van der Waals surface area (Å²) < 4.78 is 0. The third-order valence-electron chi connectivity index (χ3n) is 5.64. The fraction of sp³-hybridized carbons (Fsp3) is 0.812. The zero-order chi connectivity index (χ0) is 14.2. The number of hydrogen-bond acceptors (Lipinski definition) is 4. The summed E-state index contributed by atoms with van der Waals surface area (Å²) >= 11 is 1.79. The second-order valence-electron chi connectivity index (χ2n) is 6.80. The van der Waals surface area contributed by atoms with Gasteiger partial charge < -0.3 is 5.32 Å². The van der Waals surface area contributed by atoms with Gasteiger partial charge in [-0.2, -0.15) is 0 Å². The highest BCUT2D eigenvalue weighted by atomic mass is 32.1. The van der Waals surface area contributed by atoms with Crippen molar-refractivity contribution in [3.05, 3.63) is 16.6 Å². The maximum atomic E-state index is 4.25. The normalized spacial score (nSPS) is 30.6. The molecule has 2 heterocycles. The Labute approximate surface area is 126 Å². The molecule has 4 heteroatoms. The van der Waals surface area contributed by atoms with Crippen molar-refractivity contribution in [2.75, 3.05) is 13.1 Å². The van der Waals surface area contributed by atoms with Crippen LogP contribution in [0.1, 0.15) is 51.3 Å². The van der Waals surface area contributed by atoms with Crippen molar-refractivity contribution in [2.45, 2.75) is 64.1 Å². The van der Waals surface area contributed by atoms with E-state index < -0.39 is 0 Å². The van der Waals surface area contributed by atoms with E-state index in [1.807, 2.05) is 11.7 Å². The Hall–Kier alpha value is -0.450. The quantitative estimate of drug-likeness (QED) is 0.903. The average molecular weight is 293 g/mol. The summed E-state index contributed by atoms with van der Waals surface area (Å²) in [7, 11) is 0. The average Bonchev–Trinajstić information content (AvgIpc) is 3.20. The predicted molar refractivity (Wildman–Crippen MR) is 85.0 cm³/mol. The number of piperazine rings is 1. The first-order valence-electron chi connectivity index (χ1n) is 7.99. The van der Waals surface area contributed by atoms with Gasteiger partial charge in [0, 0.05) is 41.8 Å². The zero-order valence-corrected chi connectivity index (χ0v) is 13.8. The van der Waals surface area contributed by atoms with E-state index in [1.165, 1.54) is 37.1 Å². The first kappa shape index (κ1) is 14.5. The molecule has 112 valence electrons. The molecule has 1 aromatic heterocycles. The minimum Gasteiger partial charge on any atom is -0.308 e. The van der Waals surface area contributed by atoms with Gasteiger partial charge in [0.1, 0.15) is 0 Å². The van der Waals surface area contributed by atoms with Crippen LogP contribution in [0.2, 0.25) is 0 Å². The molecule has 0 bridgehead atoms. The molecule has 2 fully saturated rings. The SMILES string of the molecule is CCC1(CC)CNC(C)(C2CC2)CN1Cc1cncs1. The lowest BCUT2D eigenvalue weighted by Crippen LogP contribution is -2.69. The van der Waals surface area contributed by atoms with Crippen LogP contribution in [-0.2, 0) is 6.54 Å².